The van der Waals surface area contributed by atoms with Crippen LogP contribution in [0.1, 0.15) is 12.0 Å². The summed E-state index contributed by atoms with van der Waals surface area (Å²) in [5.41, 5.74) is 0.850. The molecule has 1 heterocycles. The summed E-state index contributed by atoms with van der Waals surface area (Å²) < 4.78 is 1.96. The topological polar surface area (TPSA) is 56.7 Å². The number of aliphatic hydroxyl groups is 1. The van der Waals surface area contributed by atoms with Gasteiger partial charge in [0.25, 0.3) is 0 Å². The highest BCUT2D eigenvalue weighted by Crippen LogP contribution is 1.90. The van der Waals surface area contributed by atoms with E-state index in [2.05, 4.69) is 5.16 Å². The predicted octanol–water partition coefficient (Wildman–Crippen LogP) is -2.83. The molecule has 0 aromatic carbocycles. The Balaban J connectivity index is 0.00000169. The minimum absolute atomic E-state index is 0. The molecule has 0 radical (unpaired) electrons. The van der Waals surface area contributed by atoms with Gasteiger partial charge in [-0.3, -0.25) is 0 Å². The zero-order valence-corrected chi connectivity index (χ0v) is 8.43. The van der Waals surface area contributed by atoms with Crippen LogP contribution >= 0.6 is 0 Å². The van der Waals surface area contributed by atoms with E-state index in [9.17, 15) is 0 Å². The van der Waals surface area contributed by atoms with Gasteiger partial charge in [0, 0.05) is 30.7 Å². The summed E-state index contributed by atoms with van der Waals surface area (Å²) in [6.07, 6.45) is 5.88. The second-order valence-electron chi connectivity index (χ2n) is 2.69. The van der Waals surface area contributed by atoms with Gasteiger partial charge in [0.05, 0.1) is 6.21 Å². The number of aromatic nitrogens is 1. The highest BCUT2D eigenvalue weighted by molar-refractivity contribution is 5.78. The molecule has 0 bridgehead atoms. The Morgan fingerprint density at radius 2 is 2.00 bits per heavy atom. The van der Waals surface area contributed by atoms with Gasteiger partial charge in [-0.25, -0.2) is 4.57 Å². The van der Waals surface area contributed by atoms with Crippen LogP contribution in [0.3, 0.4) is 0 Å². The Morgan fingerprint density at radius 1 is 1.36 bits per heavy atom. The molecule has 14 heavy (non-hydrogen) atoms. The van der Waals surface area contributed by atoms with E-state index in [0.717, 1.165) is 18.5 Å². The molecule has 0 aliphatic carbocycles. The minimum Gasteiger partial charge on any atom is -1.00 e. The number of pyridine rings is 1. The number of rotatable bonds is 4. The number of hydrogen-bond acceptors (Lipinski definition) is 3. The summed E-state index contributed by atoms with van der Waals surface area (Å²) in [4.78, 5) is 0. The third-order valence-electron chi connectivity index (χ3n) is 1.70. The maximum atomic E-state index is 8.60. The lowest BCUT2D eigenvalue weighted by molar-refractivity contribution is -0.697. The Morgan fingerprint density at radius 3 is 2.50 bits per heavy atom. The summed E-state index contributed by atoms with van der Waals surface area (Å²) in [6.45, 7) is 1.000. The van der Waals surface area contributed by atoms with E-state index in [1.165, 1.54) is 6.21 Å². The lowest BCUT2D eigenvalue weighted by atomic mass is 10.3. The number of aliphatic hydroxyl groups excluding tert-OH is 1. The zero-order valence-electron chi connectivity index (χ0n) is 7.67. The van der Waals surface area contributed by atoms with E-state index in [1.54, 1.807) is 0 Å². The summed E-state index contributed by atoms with van der Waals surface area (Å²) in [6, 6.07) is 3.69. The molecular formula is C9H13ClN2O2. The molecule has 1 aromatic rings. The van der Waals surface area contributed by atoms with Crippen molar-refractivity contribution in [2.75, 3.05) is 6.61 Å². The van der Waals surface area contributed by atoms with Crippen LogP contribution in [0.2, 0.25) is 0 Å². The first kappa shape index (κ1) is 12.9. The Kier molecular flexibility index (Phi) is 6.70. The molecule has 0 amide bonds. The van der Waals surface area contributed by atoms with Gasteiger partial charge in [-0.15, -0.1) is 0 Å². The fraction of sp³-hybridized carbons (Fsp3) is 0.333. The van der Waals surface area contributed by atoms with Gasteiger partial charge in [-0.1, -0.05) is 5.16 Å². The molecule has 78 valence electrons. The second kappa shape index (κ2) is 7.29. The molecule has 0 aliphatic heterocycles. The largest absolute Gasteiger partial charge is 1.00 e. The SMILES string of the molecule is OCCC[n+]1ccc(/C=N/O)cc1.[Cl-]. The maximum Gasteiger partial charge on any atom is 0.169 e. The van der Waals surface area contributed by atoms with Crippen LogP contribution in [0, 0.1) is 0 Å². The molecule has 0 fully saturated rings. The van der Waals surface area contributed by atoms with Gasteiger partial charge < -0.3 is 22.7 Å². The lowest BCUT2D eigenvalue weighted by Gasteiger charge is -1.94. The van der Waals surface area contributed by atoms with Crippen molar-refractivity contribution in [3.8, 4) is 0 Å². The molecule has 0 atom stereocenters. The van der Waals surface area contributed by atoms with Gasteiger partial charge >= 0.3 is 0 Å². The zero-order chi connectivity index (χ0) is 9.52. The molecule has 2 N–H and O–H groups in total. The smallest absolute Gasteiger partial charge is 0.169 e. The molecule has 0 saturated carbocycles. The van der Waals surface area contributed by atoms with E-state index in [-0.39, 0.29) is 19.0 Å². The monoisotopic (exact) mass is 216 g/mol. The van der Waals surface area contributed by atoms with E-state index in [4.69, 9.17) is 10.3 Å². The third-order valence-corrected chi connectivity index (χ3v) is 1.70. The molecule has 1 rings (SSSR count). The van der Waals surface area contributed by atoms with Gasteiger partial charge in [0.15, 0.2) is 18.9 Å². The molecular weight excluding hydrogens is 204 g/mol. The van der Waals surface area contributed by atoms with Crippen molar-refractivity contribution in [2.24, 2.45) is 5.16 Å². The van der Waals surface area contributed by atoms with Crippen molar-refractivity contribution in [1.29, 1.82) is 0 Å². The van der Waals surface area contributed by atoms with Crippen LogP contribution in [-0.4, -0.2) is 23.1 Å². The summed E-state index contributed by atoms with van der Waals surface area (Å²) >= 11 is 0. The van der Waals surface area contributed by atoms with Crippen LogP contribution < -0.4 is 17.0 Å². The van der Waals surface area contributed by atoms with Crippen LogP contribution in [0.25, 0.3) is 0 Å². The van der Waals surface area contributed by atoms with Gasteiger partial charge in [0.2, 0.25) is 0 Å². The first-order valence-electron chi connectivity index (χ1n) is 4.14. The quantitative estimate of drug-likeness (QED) is 0.247. The standard InChI is InChI=1S/C9H12N2O2.ClH/c12-7-1-4-11-5-2-9(3-6-11)8-10-13;/h2-3,5-6,8,12H,1,4,7H2;1H. The number of hydrogen-bond donors (Lipinski definition) is 2. The fourth-order valence-corrected chi connectivity index (χ4v) is 1.02. The van der Waals surface area contributed by atoms with Crippen molar-refractivity contribution in [1.82, 2.24) is 0 Å². The first-order valence-corrected chi connectivity index (χ1v) is 4.14. The van der Waals surface area contributed by atoms with Crippen molar-refractivity contribution in [3.63, 3.8) is 0 Å². The van der Waals surface area contributed by atoms with Gasteiger partial charge in [-0.05, 0) is 0 Å². The summed E-state index contributed by atoms with van der Waals surface area (Å²) in [7, 11) is 0. The number of oxime groups is 1. The van der Waals surface area contributed by atoms with Crippen LogP contribution in [-0.2, 0) is 6.54 Å². The Hall–Kier alpha value is -1.13. The summed E-state index contributed by atoms with van der Waals surface area (Å²) in [5, 5.41) is 19.8. The van der Waals surface area contributed by atoms with Crippen molar-refractivity contribution in [2.45, 2.75) is 13.0 Å². The number of aryl methyl sites for hydroxylation is 1. The van der Waals surface area contributed by atoms with E-state index in [0.29, 0.717) is 0 Å². The lowest BCUT2D eigenvalue weighted by Crippen LogP contribution is -3.00. The normalized spacial score (nSPS) is 10.1. The van der Waals surface area contributed by atoms with Crippen molar-refractivity contribution >= 4 is 6.21 Å². The predicted molar refractivity (Wildman–Crippen MR) is 47.7 cm³/mol. The molecule has 0 saturated heterocycles. The van der Waals surface area contributed by atoms with Crippen molar-refractivity contribution in [3.05, 3.63) is 30.1 Å². The van der Waals surface area contributed by atoms with Gasteiger partial charge in [-0.2, -0.15) is 0 Å². The van der Waals surface area contributed by atoms with Crippen LogP contribution in [0.4, 0.5) is 0 Å². The van der Waals surface area contributed by atoms with Gasteiger partial charge in [0.1, 0.15) is 0 Å². The first-order chi connectivity index (χ1) is 6.36. The second-order valence-corrected chi connectivity index (χ2v) is 2.69. The number of nitrogens with zero attached hydrogens (tertiary/aromatic N) is 2. The van der Waals surface area contributed by atoms with Crippen LogP contribution in [0.5, 0.6) is 0 Å². The molecule has 0 unspecified atom stereocenters. The Bertz CT molecular complexity index is 275. The maximum absolute atomic E-state index is 8.60. The third kappa shape index (κ3) is 4.20. The van der Waals surface area contributed by atoms with Crippen LogP contribution in [0.15, 0.2) is 29.7 Å². The average Bonchev–Trinajstić information content (AvgIpc) is 2.17. The molecule has 0 aliphatic rings. The highest BCUT2D eigenvalue weighted by atomic mass is 35.5. The Labute approximate surface area is 88.9 Å². The molecule has 4 nitrogen and oxygen atoms in total. The molecule has 1 aromatic heterocycles. The number of halogens is 1. The fourth-order valence-electron chi connectivity index (χ4n) is 1.02. The average molecular weight is 217 g/mol. The molecule has 0 spiro atoms. The highest BCUT2D eigenvalue weighted by Gasteiger charge is 1.98. The van der Waals surface area contributed by atoms with E-state index < -0.39 is 0 Å². The van der Waals surface area contributed by atoms with E-state index in [1.807, 2.05) is 29.1 Å². The van der Waals surface area contributed by atoms with E-state index >= 15 is 0 Å². The molecule has 5 heteroatoms. The van der Waals surface area contributed by atoms with Crippen molar-refractivity contribution < 1.29 is 27.3 Å². The minimum atomic E-state index is 0. The summed E-state index contributed by atoms with van der Waals surface area (Å²) in [5.74, 6) is 0.